The summed E-state index contributed by atoms with van der Waals surface area (Å²) in [6.45, 7) is 3.64. The number of anilines is 1. The van der Waals surface area contributed by atoms with Crippen LogP contribution < -0.4 is 10.2 Å². The van der Waals surface area contributed by atoms with Crippen molar-refractivity contribution in [3.05, 3.63) is 23.4 Å². The van der Waals surface area contributed by atoms with E-state index in [2.05, 4.69) is 19.7 Å². The number of rotatable bonds is 5. The lowest BCUT2D eigenvalue weighted by Crippen LogP contribution is -2.44. The van der Waals surface area contributed by atoms with Crippen molar-refractivity contribution in [2.75, 3.05) is 35.5 Å². The number of pyridine rings is 1. The summed E-state index contributed by atoms with van der Waals surface area (Å²) in [4.78, 5) is 6.64. The Morgan fingerprint density at radius 1 is 1.38 bits per heavy atom. The van der Waals surface area contributed by atoms with Crippen LogP contribution >= 0.6 is 20.7 Å². The van der Waals surface area contributed by atoms with Gasteiger partial charge in [0.05, 0.1) is 4.43 Å². The van der Waals surface area contributed by atoms with Gasteiger partial charge in [-0.2, -0.15) is 0 Å². The van der Waals surface area contributed by atoms with Crippen LogP contribution in [0.15, 0.2) is 12.3 Å². The van der Waals surface area contributed by atoms with E-state index in [0.29, 0.717) is 5.92 Å². The van der Waals surface area contributed by atoms with Gasteiger partial charge in [0, 0.05) is 37.9 Å². The molecule has 21 heavy (non-hydrogen) atoms. The second-order valence-corrected chi connectivity index (χ2v) is 7.52. The SMILES string of the molecule is C=ICC(F)(F)c1cnc(N2CCNCC2)c(C2CC2)c1. The Labute approximate surface area is 133 Å². The predicted molar refractivity (Wildman–Crippen MR) is 91.2 cm³/mol. The number of piperazine rings is 1. The van der Waals surface area contributed by atoms with Crippen LogP contribution in [0.3, 0.4) is 0 Å². The van der Waals surface area contributed by atoms with Gasteiger partial charge in [-0.05, 0) is 30.4 Å². The maximum Gasteiger partial charge on any atom is 0.283 e. The van der Waals surface area contributed by atoms with Gasteiger partial charge in [0.15, 0.2) is 0 Å². The van der Waals surface area contributed by atoms with Gasteiger partial charge in [-0.1, -0.05) is 4.51 Å². The molecule has 0 aromatic carbocycles. The lowest BCUT2D eigenvalue weighted by molar-refractivity contribution is 0.0261. The van der Waals surface area contributed by atoms with Crippen molar-refractivity contribution < 1.29 is 8.78 Å². The number of hydrogen-bond donors (Lipinski definition) is 1. The van der Waals surface area contributed by atoms with Gasteiger partial charge in [0.2, 0.25) is 0 Å². The fourth-order valence-corrected chi connectivity index (χ4v) is 3.82. The molecule has 1 saturated carbocycles. The molecular weight excluding hydrogens is 387 g/mol. The van der Waals surface area contributed by atoms with Crippen molar-refractivity contribution in [1.82, 2.24) is 10.3 Å². The quantitative estimate of drug-likeness (QED) is 0.601. The molecule has 3 nitrogen and oxygen atoms in total. The van der Waals surface area contributed by atoms with Gasteiger partial charge in [-0.25, -0.2) is 13.8 Å². The first-order chi connectivity index (χ1) is 10.1. The van der Waals surface area contributed by atoms with Gasteiger partial charge < -0.3 is 10.2 Å². The molecule has 1 aromatic heterocycles. The van der Waals surface area contributed by atoms with Gasteiger partial charge in [-0.15, -0.1) is 20.7 Å². The first-order valence-corrected chi connectivity index (χ1v) is 10.3. The highest BCUT2D eigenvalue weighted by atomic mass is 127. The number of alkyl halides is 3. The molecule has 0 bridgehead atoms. The minimum Gasteiger partial charge on any atom is -0.354 e. The highest BCUT2D eigenvalue weighted by Crippen LogP contribution is 2.45. The van der Waals surface area contributed by atoms with E-state index in [1.165, 1.54) is 6.20 Å². The van der Waals surface area contributed by atoms with E-state index in [-0.39, 0.29) is 9.99 Å². The Kier molecular flexibility index (Phi) is 4.54. The van der Waals surface area contributed by atoms with Crippen molar-refractivity contribution in [3.63, 3.8) is 0 Å². The number of nitrogens with one attached hydrogen (secondary N) is 1. The Morgan fingerprint density at radius 3 is 2.71 bits per heavy atom. The molecule has 2 aliphatic rings. The Hall–Kier alpha value is -0.630. The molecule has 0 radical (unpaired) electrons. The number of aromatic nitrogens is 1. The van der Waals surface area contributed by atoms with E-state index >= 15 is 0 Å². The van der Waals surface area contributed by atoms with Crippen molar-refractivity contribution in [3.8, 4) is 0 Å². The second-order valence-electron chi connectivity index (χ2n) is 5.68. The van der Waals surface area contributed by atoms with Gasteiger partial charge >= 0.3 is 0 Å². The van der Waals surface area contributed by atoms with Gasteiger partial charge in [0.25, 0.3) is 5.92 Å². The molecule has 116 valence electrons. The van der Waals surface area contributed by atoms with Crippen LogP contribution in [0.4, 0.5) is 14.6 Å². The van der Waals surface area contributed by atoms with E-state index in [0.717, 1.165) is 50.4 Å². The highest BCUT2D eigenvalue weighted by Gasteiger charge is 2.35. The summed E-state index contributed by atoms with van der Waals surface area (Å²) in [5, 5.41) is 3.31. The number of hydrogen-bond acceptors (Lipinski definition) is 3. The lowest BCUT2D eigenvalue weighted by atomic mass is 10.1. The topological polar surface area (TPSA) is 28.2 Å². The summed E-state index contributed by atoms with van der Waals surface area (Å²) in [5.74, 6) is -1.43. The van der Waals surface area contributed by atoms with Crippen molar-refractivity contribution >= 4 is 31.1 Å². The third-order valence-corrected chi connectivity index (χ3v) is 5.51. The van der Waals surface area contributed by atoms with Gasteiger partial charge in [0.1, 0.15) is 5.82 Å². The molecule has 0 amide bonds. The van der Waals surface area contributed by atoms with Crippen molar-refractivity contribution in [1.29, 1.82) is 0 Å². The van der Waals surface area contributed by atoms with E-state index in [4.69, 9.17) is 0 Å². The predicted octanol–water partition coefficient (Wildman–Crippen LogP) is 2.86. The molecule has 1 aliphatic carbocycles. The van der Waals surface area contributed by atoms with Crippen LogP contribution in [0.25, 0.3) is 0 Å². The molecule has 0 spiro atoms. The van der Waals surface area contributed by atoms with E-state index in [1.807, 2.05) is 0 Å². The van der Waals surface area contributed by atoms with Crippen LogP contribution in [-0.4, -0.2) is 40.1 Å². The zero-order valence-corrected chi connectivity index (χ0v) is 14.1. The molecule has 3 rings (SSSR count). The average molecular weight is 407 g/mol. The maximum atomic E-state index is 14.1. The van der Waals surface area contributed by atoms with Crippen LogP contribution in [-0.2, 0) is 5.92 Å². The monoisotopic (exact) mass is 407 g/mol. The summed E-state index contributed by atoms with van der Waals surface area (Å²) in [5.41, 5.74) is 1.10. The van der Waals surface area contributed by atoms with Crippen molar-refractivity contribution in [2.45, 2.75) is 24.7 Å². The third kappa shape index (κ3) is 3.41. The minimum atomic E-state index is -2.77. The lowest BCUT2D eigenvalue weighted by Gasteiger charge is -2.30. The van der Waals surface area contributed by atoms with Crippen LogP contribution in [0, 0.1) is 0 Å². The molecule has 1 saturated heterocycles. The van der Waals surface area contributed by atoms with Crippen LogP contribution in [0.1, 0.15) is 29.9 Å². The summed E-state index contributed by atoms with van der Waals surface area (Å²) in [7, 11) is 0. The summed E-state index contributed by atoms with van der Waals surface area (Å²) >= 11 is -0.685. The highest BCUT2D eigenvalue weighted by molar-refractivity contribution is 14.2. The summed E-state index contributed by atoms with van der Waals surface area (Å²) in [6, 6.07) is 1.71. The van der Waals surface area contributed by atoms with E-state index in [9.17, 15) is 8.78 Å². The first kappa shape index (κ1) is 15.3. The Bertz CT molecular complexity index is 526. The normalized spacial score (nSPS) is 19.8. The fraction of sp³-hybridized carbons (Fsp3) is 0.600. The second kappa shape index (κ2) is 6.24. The molecule has 1 N–H and O–H groups in total. The molecule has 0 unspecified atom stereocenters. The molecule has 0 atom stereocenters. The third-order valence-electron chi connectivity index (χ3n) is 4.01. The molecule has 1 aromatic rings. The first-order valence-electron chi connectivity index (χ1n) is 7.28. The fourth-order valence-electron chi connectivity index (χ4n) is 2.71. The number of halogens is 3. The van der Waals surface area contributed by atoms with Crippen LogP contribution in [0.5, 0.6) is 0 Å². The van der Waals surface area contributed by atoms with E-state index in [1.54, 1.807) is 6.07 Å². The molecule has 6 heteroatoms. The Balaban J connectivity index is 1.92. The molecule has 2 fully saturated rings. The zero-order valence-electron chi connectivity index (χ0n) is 11.9. The summed E-state index contributed by atoms with van der Waals surface area (Å²) in [6.07, 6.45) is 3.57. The maximum absolute atomic E-state index is 14.1. The largest absolute Gasteiger partial charge is 0.354 e. The molecule has 1 aliphatic heterocycles. The standard InChI is InChI=1S/C15H20F2IN3/c1-18-10-15(16,17)12-8-13(11-2-3-11)14(20-9-12)21-6-4-19-5-7-21/h8-9,11,19H,1-7,10H2. The van der Waals surface area contributed by atoms with Crippen LogP contribution in [0.2, 0.25) is 0 Å². The van der Waals surface area contributed by atoms with Crippen molar-refractivity contribution in [2.24, 2.45) is 0 Å². The summed E-state index contributed by atoms with van der Waals surface area (Å²) < 4.78 is 31.8. The zero-order chi connectivity index (χ0) is 14.9. The average Bonchev–Trinajstić information content (AvgIpc) is 3.32. The smallest absolute Gasteiger partial charge is 0.283 e. The number of nitrogens with zero attached hydrogens (tertiary/aromatic N) is 2. The molecule has 2 heterocycles. The van der Waals surface area contributed by atoms with E-state index < -0.39 is 26.7 Å². The molecular formula is C15H20F2IN3. The van der Waals surface area contributed by atoms with Gasteiger partial charge in [-0.3, -0.25) is 0 Å². The Morgan fingerprint density at radius 2 is 2.10 bits per heavy atom. The minimum absolute atomic E-state index is 0.0756.